The van der Waals surface area contributed by atoms with Crippen LogP contribution < -0.4 is 14.4 Å². The van der Waals surface area contributed by atoms with Crippen LogP contribution in [0, 0.1) is 0 Å². The molecule has 1 unspecified atom stereocenters. The Hall–Kier alpha value is -4.45. The highest BCUT2D eigenvalue weighted by Crippen LogP contribution is 2.59. The third-order valence-corrected chi connectivity index (χ3v) is 10.2. The molecule has 244 valence electrons. The lowest BCUT2D eigenvalue weighted by Crippen LogP contribution is -2.38. The zero-order valence-corrected chi connectivity index (χ0v) is 28.0. The number of rotatable bonds is 10. The van der Waals surface area contributed by atoms with E-state index in [1.807, 2.05) is 18.2 Å². The molecule has 2 heterocycles. The van der Waals surface area contributed by atoms with Crippen LogP contribution in [0.15, 0.2) is 90.2 Å². The van der Waals surface area contributed by atoms with Crippen molar-refractivity contribution in [1.82, 2.24) is 0 Å². The van der Waals surface area contributed by atoms with Gasteiger partial charge in [0.25, 0.3) is 0 Å². The minimum atomic E-state index is -0.281. The summed E-state index contributed by atoms with van der Waals surface area (Å²) in [5.41, 5.74) is 10.3. The van der Waals surface area contributed by atoms with Crippen LogP contribution in [-0.4, -0.2) is 38.9 Å². The number of nitrogens with zero attached hydrogens (tertiary/aromatic N) is 1. The first-order valence-corrected chi connectivity index (χ1v) is 17.2. The van der Waals surface area contributed by atoms with Crippen LogP contribution in [0.25, 0.3) is 5.57 Å². The molecule has 0 amide bonds. The molecule has 6 nitrogen and oxygen atoms in total. The lowest BCUT2D eigenvalue weighted by molar-refractivity contribution is 0.0245. The predicted octanol–water partition coefficient (Wildman–Crippen LogP) is 9.10. The van der Waals surface area contributed by atoms with E-state index >= 15 is 0 Å². The largest absolute Gasteiger partial charge is 0.495 e. The summed E-state index contributed by atoms with van der Waals surface area (Å²) in [5, 5.41) is 0. The highest BCUT2D eigenvalue weighted by molar-refractivity contribution is 5.97. The van der Waals surface area contributed by atoms with Gasteiger partial charge in [-0.2, -0.15) is 0 Å². The first kappa shape index (κ1) is 31.2. The SMILES string of the molecule is CCCCCCOc1ccc(C(=O)OC2CCN(c3cc4c(cc3OC)C3OC=CC=C3C3=C4c4ccccc4C3(C)C)CC2)cc1. The Bertz CT molecular complexity index is 1740. The number of hydrogen-bond donors (Lipinski definition) is 0. The molecule has 3 aromatic carbocycles. The monoisotopic (exact) mass is 631 g/mol. The molecule has 6 heteroatoms. The molecular formula is C41H45NO5. The fourth-order valence-corrected chi connectivity index (χ4v) is 7.76. The van der Waals surface area contributed by atoms with Gasteiger partial charge in [-0.1, -0.05) is 70.4 Å². The number of unbranched alkanes of at least 4 members (excludes halogenated alkanes) is 3. The molecule has 0 N–H and O–H groups in total. The van der Waals surface area contributed by atoms with Crippen molar-refractivity contribution in [3.05, 3.63) is 118 Å². The Morgan fingerprint density at radius 1 is 0.979 bits per heavy atom. The minimum absolute atomic E-state index is 0.135. The second-order valence-electron chi connectivity index (χ2n) is 13.5. The van der Waals surface area contributed by atoms with E-state index in [4.69, 9.17) is 18.9 Å². The van der Waals surface area contributed by atoms with E-state index in [1.54, 1.807) is 25.5 Å². The number of benzene rings is 3. The summed E-state index contributed by atoms with van der Waals surface area (Å²) < 4.78 is 24.1. The van der Waals surface area contributed by atoms with Crippen LogP contribution in [0.5, 0.6) is 11.5 Å². The molecule has 0 radical (unpaired) electrons. The second-order valence-corrected chi connectivity index (χ2v) is 13.5. The maximum Gasteiger partial charge on any atom is 0.338 e. The quantitative estimate of drug-likeness (QED) is 0.164. The molecule has 7 rings (SSSR count). The fraction of sp³-hybridized carbons (Fsp3) is 0.390. The van der Waals surface area contributed by atoms with Gasteiger partial charge in [-0.3, -0.25) is 0 Å². The molecule has 1 saturated heterocycles. The number of methoxy groups -OCH3 is 1. The van der Waals surface area contributed by atoms with Crippen molar-refractivity contribution in [3.63, 3.8) is 0 Å². The van der Waals surface area contributed by atoms with Crippen molar-refractivity contribution < 1.29 is 23.7 Å². The predicted molar refractivity (Wildman–Crippen MR) is 186 cm³/mol. The fourth-order valence-electron chi connectivity index (χ4n) is 7.76. The van der Waals surface area contributed by atoms with Gasteiger partial charge in [-0.25, -0.2) is 4.79 Å². The van der Waals surface area contributed by atoms with E-state index in [2.05, 4.69) is 68.1 Å². The lowest BCUT2D eigenvalue weighted by atomic mass is 9.72. The van der Waals surface area contributed by atoms with Crippen LogP contribution in [0.1, 0.15) is 98.0 Å². The Labute approximate surface area is 278 Å². The maximum atomic E-state index is 13.0. The average Bonchev–Trinajstić information content (AvgIpc) is 3.35. The Balaban J connectivity index is 1.08. The third-order valence-electron chi connectivity index (χ3n) is 10.2. The summed E-state index contributed by atoms with van der Waals surface area (Å²) in [4.78, 5) is 15.4. The van der Waals surface area contributed by atoms with Crippen LogP contribution in [0.4, 0.5) is 5.69 Å². The molecule has 1 fully saturated rings. The van der Waals surface area contributed by atoms with Gasteiger partial charge in [0.1, 0.15) is 23.7 Å². The minimum Gasteiger partial charge on any atom is -0.495 e. The number of allylic oxidation sites excluding steroid dienone is 2. The maximum absolute atomic E-state index is 13.0. The Kier molecular flexibility index (Phi) is 8.61. The number of esters is 1. The van der Waals surface area contributed by atoms with Crippen molar-refractivity contribution in [1.29, 1.82) is 0 Å². The number of piperidine rings is 1. The topological polar surface area (TPSA) is 57.2 Å². The normalized spacial score (nSPS) is 19.2. The smallest absolute Gasteiger partial charge is 0.338 e. The van der Waals surface area contributed by atoms with Crippen molar-refractivity contribution in [2.24, 2.45) is 0 Å². The summed E-state index contributed by atoms with van der Waals surface area (Å²) in [7, 11) is 1.74. The zero-order chi connectivity index (χ0) is 32.5. The molecule has 0 aromatic heterocycles. The van der Waals surface area contributed by atoms with Crippen LogP contribution >= 0.6 is 0 Å². The number of anilines is 1. The van der Waals surface area contributed by atoms with Crippen molar-refractivity contribution in [3.8, 4) is 11.5 Å². The van der Waals surface area contributed by atoms with Crippen LogP contribution in [0.3, 0.4) is 0 Å². The molecule has 0 saturated carbocycles. The summed E-state index contributed by atoms with van der Waals surface area (Å²) in [6.07, 6.45) is 11.9. The van der Waals surface area contributed by atoms with Gasteiger partial charge in [0, 0.05) is 42.5 Å². The summed E-state index contributed by atoms with van der Waals surface area (Å²) >= 11 is 0. The van der Waals surface area contributed by atoms with Crippen molar-refractivity contribution in [2.75, 3.05) is 31.7 Å². The highest BCUT2D eigenvalue weighted by Gasteiger charge is 2.46. The molecule has 0 spiro atoms. The summed E-state index contributed by atoms with van der Waals surface area (Å²) in [6, 6.07) is 20.6. The van der Waals surface area contributed by atoms with E-state index in [0.29, 0.717) is 12.2 Å². The van der Waals surface area contributed by atoms with Gasteiger partial charge in [0.2, 0.25) is 0 Å². The average molecular weight is 632 g/mol. The lowest BCUT2D eigenvalue weighted by Gasteiger charge is -2.38. The first-order chi connectivity index (χ1) is 22.9. The Morgan fingerprint density at radius 3 is 2.53 bits per heavy atom. The molecule has 47 heavy (non-hydrogen) atoms. The summed E-state index contributed by atoms with van der Waals surface area (Å²) in [5.74, 6) is 1.34. The third kappa shape index (κ3) is 5.72. The molecular weight excluding hydrogens is 586 g/mol. The molecule has 1 atom stereocenters. The number of hydrogen-bond acceptors (Lipinski definition) is 6. The van der Waals surface area contributed by atoms with Gasteiger partial charge in [-0.15, -0.1) is 0 Å². The number of carbonyl (C=O) groups excluding carboxylic acids is 1. The van der Waals surface area contributed by atoms with E-state index in [0.717, 1.165) is 55.1 Å². The number of ether oxygens (including phenoxy) is 4. The molecule has 0 bridgehead atoms. The molecule has 3 aromatic rings. The van der Waals surface area contributed by atoms with Gasteiger partial charge in [0.05, 0.1) is 31.2 Å². The van der Waals surface area contributed by atoms with E-state index in [-0.39, 0.29) is 23.6 Å². The van der Waals surface area contributed by atoms with Gasteiger partial charge >= 0.3 is 5.97 Å². The molecule has 2 aliphatic carbocycles. The van der Waals surface area contributed by atoms with Crippen LogP contribution in [0.2, 0.25) is 0 Å². The van der Waals surface area contributed by atoms with E-state index in [9.17, 15) is 4.79 Å². The van der Waals surface area contributed by atoms with E-state index < -0.39 is 0 Å². The zero-order valence-electron chi connectivity index (χ0n) is 28.0. The molecule has 2 aliphatic heterocycles. The van der Waals surface area contributed by atoms with E-state index in [1.165, 1.54) is 52.7 Å². The van der Waals surface area contributed by atoms with Gasteiger partial charge in [0.15, 0.2) is 0 Å². The van der Waals surface area contributed by atoms with Crippen molar-refractivity contribution >= 4 is 17.2 Å². The second kappa shape index (κ2) is 13.0. The summed E-state index contributed by atoms with van der Waals surface area (Å²) in [6.45, 7) is 9.07. The van der Waals surface area contributed by atoms with Crippen LogP contribution in [-0.2, 0) is 14.9 Å². The van der Waals surface area contributed by atoms with Gasteiger partial charge in [-0.05, 0) is 76.7 Å². The highest BCUT2D eigenvalue weighted by atomic mass is 16.5. The Morgan fingerprint density at radius 2 is 1.77 bits per heavy atom. The standard InChI is InChI=1S/C41H45NO5/c1-5-6-7-10-23-45-28-17-15-27(16-18-28)40(43)47-29-19-21-42(22-20-29)35-25-32-33(26-36(35)44-4)39-31(13-11-24-46-39)38-37(32)30-12-8-9-14-34(30)41(38,2)3/h8-9,11-18,24-26,29,39H,5-7,10,19-23H2,1-4H3. The number of carbonyl (C=O) groups is 1. The van der Waals surface area contributed by atoms with Gasteiger partial charge < -0.3 is 23.8 Å². The van der Waals surface area contributed by atoms with Crippen molar-refractivity contribution in [2.45, 2.75) is 76.9 Å². The first-order valence-electron chi connectivity index (χ1n) is 17.2. The molecule has 4 aliphatic rings. The number of fused-ring (bicyclic) bond motifs is 7.